The Hall–Kier alpha value is -2.34. The molecule has 0 saturated heterocycles. The van der Waals surface area contributed by atoms with Crippen molar-refractivity contribution in [2.24, 2.45) is 5.73 Å². The van der Waals surface area contributed by atoms with Gasteiger partial charge in [0, 0.05) is 11.1 Å². The highest BCUT2D eigenvalue weighted by molar-refractivity contribution is 5.81. The van der Waals surface area contributed by atoms with Gasteiger partial charge in [0.15, 0.2) is 0 Å². The van der Waals surface area contributed by atoms with Crippen LogP contribution in [0.15, 0.2) is 23.0 Å². The second-order valence-electron chi connectivity index (χ2n) is 4.53. The number of nitrogens with zero attached hydrogens (tertiary/aromatic N) is 1. The lowest BCUT2D eigenvalue weighted by Gasteiger charge is -2.01. The van der Waals surface area contributed by atoms with Gasteiger partial charge in [0.25, 0.3) is 5.56 Å². The van der Waals surface area contributed by atoms with Crippen molar-refractivity contribution >= 4 is 11.0 Å². The first-order valence-electron chi connectivity index (χ1n) is 6.15. The molecule has 5 N–H and O–H groups in total. The predicted octanol–water partition coefficient (Wildman–Crippen LogP) is 1.06. The Morgan fingerprint density at radius 3 is 2.95 bits per heavy atom. The molecule has 0 bridgehead atoms. The number of aryl methyl sites for hydroxylation is 1. The predicted molar refractivity (Wildman–Crippen MR) is 74.0 cm³/mol. The van der Waals surface area contributed by atoms with Crippen molar-refractivity contribution in [3.63, 3.8) is 0 Å². The lowest BCUT2D eigenvalue weighted by atomic mass is 10.1. The quantitative estimate of drug-likeness (QED) is 0.564. The molecule has 2 aromatic heterocycles. The molecular formula is C13H15N5O. The number of aromatic amines is 3. The van der Waals surface area contributed by atoms with Crippen LogP contribution in [-0.4, -0.2) is 26.7 Å². The van der Waals surface area contributed by atoms with Gasteiger partial charge in [-0.25, -0.2) is 4.98 Å². The molecule has 0 aliphatic rings. The van der Waals surface area contributed by atoms with Crippen LogP contribution in [0.2, 0.25) is 0 Å². The second-order valence-corrected chi connectivity index (χ2v) is 4.53. The molecule has 3 rings (SSSR count). The fourth-order valence-corrected chi connectivity index (χ4v) is 2.31. The molecule has 6 heteroatoms. The molecule has 98 valence electrons. The van der Waals surface area contributed by atoms with Gasteiger partial charge in [-0.1, -0.05) is 6.07 Å². The highest BCUT2D eigenvalue weighted by atomic mass is 16.1. The lowest BCUT2D eigenvalue weighted by molar-refractivity contribution is 0.960. The average Bonchev–Trinajstić information content (AvgIpc) is 2.92. The van der Waals surface area contributed by atoms with Gasteiger partial charge in [0.1, 0.15) is 5.82 Å². The molecule has 1 aromatic carbocycles. The van der Waals surface area contributed by atoms with Crippen LogP contribution in [0.3, 0.4) is 0 Å². The highest BCUT2D eigenvalue weighted by Crippen LogP contribution is 2.23. The summed E-state index contributed by atoms with van der Waals surface area (Å²) in [6.07, 6.45) is 0.550. The Kier molecular flexibility index (Phi) is 2.72. The number of benzene rings is 1. The fourth-order valence-electron chi connectivity index (χ4n) is 2.31. The van der Waals surface area contributed by atoms with E-state index < -0.39 is 0 Å². The summed E-state index contributed by atoms with van der Waals surface area (Å²) in [4.78, 5) is 19.3. The molecule has 0 amide bonds. The Balaban J connectivity index is 2.15. The van der Waals surface area contributed by atoms with E-state index in [4.69, 9.17) is 5.73 Å². The maximum atomic E-state index is 11.7. The minimum Gasteiger partial charge on any atom is -0.342 e. The van der Waals surface area contributed by atoms with E-state index in [1.807, 2.05) is 25.1 Å². The largest absolute Gasteiger partial charge is 0.342 e. The molecule has 0 radical (unpaired) electrons. The highest BCUT2D eigenvalue weighted by Gasteiger charge is 2.12. The van der Waals surface area contributed by atoms with Crippen molar-refractivity contribution in [2.75, 3.05) is 6.54 Å². The molecule has 0 saturated carbocycles. The van der Waals surface area contributed by atoms with Gasteiger partial charge in [-0.15, -0.1) is 0 Å². The van der Waals surface area contributed by atoms with Crippen LogP contribution in [-0.2, 0) is 6.42 Å². The molecule has 0 aliphatic heterocycles. The van der Waals surface area contributed by atoms with Crippen molar-refractivity contribution in [3.8, 4) is 11.3 Å². The number of hydrogen-bond acceptors (Lipinski definition) is 3. The first-order chi connectivity index (χ1) is 9.19. The van der Waals surface area contributed by atoms with Gasteiger partial charge >= 0.3 is 0 Å². The second kappa shape index (κ2) is 4.40. The Morgan fingerprint density at radius 1 is 1.32 bits per heavy atom. The van der Waals surface area contributed by atoms with Gasteiger partial charge in [-0.3, -0.25) is 15.0 Å². The molecule has 0 fully saturated rings. The number of imidazole rings is 1. The number of rotatable bonds is 3. The zero-order chi connectivity index (χ0) is 13.4. The van der Waals surface area contributed by atoms with Crippen LogP contribution in [0.25, 0.3) is 22.3 Å². The van der Waals surface area contributed by atoms with E-state index in [2.05, 4.69) is 20.2 Å². The minimum absolute atomic E-state index is 0.110. The Labute approximate surface area is 109 Å². The van der Waals surface area contributed by atoms with Crippen LogP contribution in [0.5, 0.6) is 0 Å². The number of fused-ring (bicyclic) bond motifs is 1. The smallest absolute Gasteiger partial charge is 0.267 e. The van der Waals surface area contributed by atoms with Crippen molar-refractivity contribution in [2.45, 2.75) is 13.3 Å². The molecule has 6 nitrogen and oxygen atoms in total. The van der Waals surface area contributed by atoms with Crippen molar-refractivity contribution < 1.29 is 0 Å². The van der Waals surface area contributed by atoms with E-state index in [-0.39, 0.29) is 5.56 Å². The number of nitrogens with one attached hydrogen (secondary N) is 3. The van der Waals surface area contributed by atoms with E-state index in [0.717, 1.165) is 28.1 Å². The molecule has 3 aromatic rings. The van der Waals surface area contributed by atoms with Crippen molar-refractivity contribution in [1.82, 2.24) is 20.2 Å². The summed E-state index contributed by atoms with van der Waals surface area (Å²) in [6.45, 7) is 2.36. The van der Waals surface area contributed by atoms with Gasteiger partial charge < -0.3 is 10.7 Å². The first kappa shape index (κ1) is 11.7. The standard InChI is InChI=1S/C13H15N5O/c1-7-15-10-3-2-8(6-11(10)16-7)12-9(4-5-14)13(19)18-17-12/h2-3,6H,4-5,14H2,1H3,(H,15,16)(H2,17,18,19). The molecule has 0 atom stereocenters. The zero-order valence-electron chi connectivity index (χ0n) is 10.6. The van der Waals surface area contributed by atoms with Crippen LogP contribution in [0, 0.1) is 6.92 Å². The Bertz CT molecular complexity index is 780. The summed E-state index contributed by atoms with van der Waals surface area (Å²) in [5, 5.41) is 5.53. The summed E-state index contributed by atoms with van der Waals surface area (Å²) in [6, 6.07) is 5.86. The number of H-pyrrole nitrogens is 3. The minimum atomic E-state index is -0.110. The summed E-state index contributed by atoms with van der Waals surface area (Å²) in [5.74, 6) is 0.872. The van der Waals surface area contributed by atoms with Gasteiger partial charge in [-0.2, -0.15) is 0 Å². The van der Waals surface area contributed by atoms with E-state index in [9.17, 15) is 4.79 Å². The van der Waals surface area contributed by atoms with Crippen LogP contribution in [0.4, 0.5) is 0 Å². The third-order valence-corrected chi connectivity index (χ3v) is 3.16. The summed E-state index contributed by atoms with van der Waals surface area (Å²) < 4.78 is 0. The Morgan fingerprint density at radius 2 is 2.16 bits per heavy atom. The van der Waals surface area contributed by atoms with E-state index in [1.54, 1.807) is 0 Å². The number of aromatic nitrogens is 4. The maximum Gasteiger partial charge on any atom is 0.267 e. The summed E-state index contributed by atoms with van der Waals surface area (Å²) >= 11 is 0. The average molecular weight is 257 g/mol. The van der Waals surface area contributed by atoms with Crippen LogP contribution >= 0.6 is 0 Å². The van der Waals surface area contributed by atoms with Gasteiger partial charge in [0.2, 0.25) is 0 Å². The zero-order valence-corrected chi connectivity index (χ0v) is 10.6. The fraction of sp³-hybridized carbons (Fsp3) is 0.231. The topological polar surface area (TPSA) is 103 Å². The molecule has 0 aliphatic carbocycles. The van der Waals surface area contributed by atoms with Crippen LogP contribution < -0.4 is 11.3 Å². The molecule has 0 spiro atoms. The van der Waals surface area contributed by atoms with Crippen molar-refractivity contribution in [3.05, 3.63) is 39.9 Å². The molecular weight excluding hydrogens is 242 g/mol. The molecule has 0 unspecified atom stereocenters. The van der Waals surface area contributed by atoms with E-state index in [1.165, 1.54) is 0 Å². The van der Waals surface area contributed by atoms with Crippen LogP contribution in [0.1, 0.15) is 11.4 Å². The van der Waals surface area contributed by atoms with E-state index in [0.29, 0.717) is 18.5 Å². The van der Waals surface area contributed by atoms with Gasteiger partial charge in [0.05, 0.1) is 16.7 Å². The van der Waals surface area contributed by atoms with Gasteiger partial charge in [-0.05, 0) is 32.0 Å². The molecule has 19 heavy (non-hydrogen) atoms. The number of nitrogens with two attached hydrogens (primary N) is 1. The first-order valence-corrected chi connectivity index (χ1v) is 6.15. The monoisotopic (exact) mass is 257 g/mol. The van der Waals surface area contributed by atoms with Crippen molar-refractivity contribution in [1.29, 1.82) is 0 Å². The lowest BCUT2D eigenvalue weighted by Crippen LogP contribution is -2.12. The normalized spacial score (nSPS) is 11.3. The SMILES string of the molecule is Cc1nc2ccc(-c3[nH][nH]c(=O)c3CCN)cc2[nH]1. The number of hydrogen-bond donors (Lipinski definition) is 4. The third-order valence-electron chi connectivity index (χ3n) is 3.16. The molecule has 2 heterocycles. The summed E-state index contributed by atoms with van der Waals surface area (Å²) in [5.41, 5.74) is 9.74. The third kappa shape index (κ3) is 1.96. The maximum absolute atomic E-state index is 11.7. The summed E-state index contributed by atoms with van der Waals surface area (Å²) in [7, 11) is 0. The van der Waals surface area contributed by atoms with E-state index >= 15 is 0 Å².